The number of nitrogens with one attached hydrogen (secondary N) is 1. The number of aliphatic hydroxyl groups is 1. The molecule has 4 nitrogen and oxygen atoms in total. The number of rotatable bonds is 6. The fourth-order valence-corrected chi connectivity index (χ4v) is 3.62. The highest BCUT2D eigenvalue weighted by molar-refractivity contribution is 5.78. The number of fused-ring (bicyclic) bond motifs is 1. The Balaban J connectivity index is 2.10. The zero-order valence-corrected chi connectivity index (χ0v) is 15.3. The van der Waals surface area contributed by atoms with Crippen molar-refractivity contribution in [3.63, 3.8) is 0 Å². The van der Waals surface area contributed by atoms with Gasteiger partial charge in [0.15, 0.2) is 0 Å². The van der Waals surface area contributed by atoms with E-state index in [0.717, 1.165) is 5.69 Å². The Hall–Kier alpha value is -2.18. The maximum Gasteiger partial charge on any atom is 0.148 e. The number of hydrogen-bond donors (Lipinski definition) is 2. The number of benzene rings is 2. The van der Waals surface area contributed by atoms with Crippen LogP contribution >= 0.6 is 0 Å². The zero-order chi connectivity index (χ0) is 18.8. The van der Waals surface area contributed by atoms with Gasteiger partial charge in [0.25, 0.3) is 0 Å². The van der Waals surface area contributed by atoms with Gasteiger partial charge >= 0.3 is 0 Å². The summed E-state index contributed by atoms with van der Waals surface area (Å²) in [4.78, 5) is 3.91. The van der Waals surface area contributed by atoms with Crippen LogP contribution in [0.1, 0.15) is 25.5 Å². The van der Waals surface area contributed by atoms with Crippen LogP contribution < -0.4 is 15.1 Å². The van der Waals surface area contributed by atoms with Gasteiger partial charge in [-0.2, -0.15) is 0 Å². The quantitative estimate of drug-likeness (QED) is 0.828. The SMILES string of the molecule is CNCC(O)C(c1cccc(F)c1)N1CN(C(C)C)c2cccc(F)c21. The maximum absolute atomic E-state index is 14.7. The molecule has 1 heterocycles. The van der Waals surface area contributed by atoms with Crippen molar-refractivity contribution in [3.05, 3.63) is 59.7 Å². The van der Waals surface area contributed by atoms with E-state index in [1.54, 1.807) is 25.2 Å². The maximum atomic E-state index is 14.7. The van der Waals surface area contributed by atoms with Gasteiger partial charge in [0.2, 0.25) is 0 Å². The Morgan fingerprint density at radius 3 is 2.50 bits per heavy atom. The second-order valence-corrected chi connectivity index (χ2v) is 6.91. The van der Waals surface area contributed by atoms with E-state index in [2.05, 4.69) is 10.2 Å². The molecule has 0 saturated heterocycles. The third-order valence-electron chi connectivity index (χ3n) is 4.79. The van der Waals surface area contributed by atoms with Crippen LogP contribution in [-0.4, -0.2) is 37.5 Å². The van der Waals surface area contributed by atoms with Crippen LogP contribution in [0.15, 0.2) is 42.5 Å². The van der Waals surface area contributed by atoms with Crippen LogP contribution in [0.5, 0.6) is 0 Å². The second kappa shape index (κ2) is 7.60. The lowest BCUT2D eigenvalue weighted by Crippen LogP contribution is -2.44. The molecule has 0 aromatic heterocycles. The lowest BCUT2D eigenvalue weighted by molar-refractivity contribution is 0.140. The van der Waals surface area contributed by atoms with Crippen molar-refractivity contribution in [3.8, 4) is 0 Å². The largest absolute Gasteiger partial charge is 0.389 e. The van der Waals surface area contributed by atoms with Gasteiger partial charge in [-0.15, -0.1) is 0 Å². The molecule has 2 N–H and O–H groups in total. The summed E-state index contributed by atoms with van der Waals surface area (Å²) in [5, 5.41) is 13.7. The molecule has 2 aromatic carbocycles. The minimum absolute atomic E-state index is 0.162. The van der Waals surface area contributed by atoms with E-state index in [1.807, 2.05) is 24.8 Å². The van der Waals surface area contributed by atoms with Crippen LogP contribution in [-0.2, 0) is 0 Å². The summed E-state index contributed by atoms with van der Waals surface area (Å²) in [5.41, 5.74) is 1.86. The van der Waals surface area contributed by atoms with Gasteiger partial charge in [-0.3, -0.25) is 0 Å². The molecule has 0 spiro atoms. The first-order chi connectivity index (χ1) is 12.4. The lowest BCUT2D eigenvalue weighted by Gasteiger charge is -2.35. The number of anilines is 2. The van der Waals surface area contributed by atoms with Crippen molar-refractivity contribution in [2.75, 3.05) is 30.1 Å². The minimum Gasteiger partial charge on any atom is -0.389 e. The van der Waals surface area contributed by atoms with E-state index in [0.29, 0.717) is 24.5 Å². The van der Waals surface area contributed by atoms with Gasteiger partial charge in [-0.1, -0.05) is 18.2 Å². The highest BCUT2D eigenvalue weighted by atomic mass is 19.1. The van der Waals surface area contributed by atoms with Crippen LogP contribution in [0.3, 0.4) is 0 Å². The topological polar surface area (TPSA) is 38.7 Å². The van der Waals surface area contributed by atoms with E-state index >= 15 is 0 Å². The van der Waals surface area contributed by atoms with Crippen molar-refractivity contribution < 1.29 is 13.9 Å². The number of nitrogens with zero attached hydrogens (tertiary/aromatic N) is 2. The minimum atomic E-state index is -0.832. The molecule has 2 aromatic rings. The molecule has 3 rings (SSSR count). The Labute approximate surface area is 153 Å². The Morgan fingerprint density at radius 1 is 1.12 bits per heavy atom. The summed E-state index contributed by atoms with van der Waals surface area (Å²) < 4.78 is 28.6. The highest BCUT2D eigenvalue weighted by Crippen LogP contribution is 2.44. The molecule has 26 heavy (non-hydrogen) atoms. The summed E-state index contributed by atoms with van der Waals surface area (Å²) in [6.07, 6.45) is -0.832. The van der Waals surface area contributed by atoms with E-state index in [1.165, 1.54) is 18.2 Å². The smallest absolute Gasteiger partial charge is 0.148 e. The van der Waals surface area contributed by atoms with Crippen molar-refractivity contribution in [2.45, 2.75) is 32.0 Å². The molecule has 1 aliphatic rings. The summed E-state index contributed by atoms with van der Waals surface area (Å²) in [6.45, 7) is 4.82. The van der Waals surface area contributed by atoms with Gasteiger partial charge in [0, 0.05) is 12.6 Å². The van der Waals surface area contributed by atoms with E-state index in [4.69, 9.17) is 0 Å². The van der Waals surface area contributed by atoms with Crippen LogP contribution in [0, 0.1) is 11.6 Å². The Morgan fingerprint density at radius 2 is 1.85 bits per heavy atom. The number of likely N-dealkylation sites (N-methyl/N-ethyl adjacent to an activating group) is 1. The third-order valence-corrected chi connectivity index (χ3v) is 4.79. The molecule has 0 aliphatic carbocycles. The van der Waals surface area contributed by atoms with E-state index in [-0.39, 0.29) is 17.7 Å². The predicted molar refractivity (Wildman–Crippen MR) is 100 cm³/mol. The molecular formula is C20H25F2N3O. The normalized spacial score (nSPS) is 16.1. The van der Waals surface area contributed by atoms with Gasteiger partial charge in [-0.25, -0.2) is 8.78 Å². The monoisotopic (exact) mass is 361 g/mol. The number of aliphatic hydroxyl groups excluding tert-OH is 1. The molecule has 0 saturated carbocycles. The van der Waals surface area contributed by atoms with Crippen molar-refractivity contribution in [1.29, 1.82) is 0 Å². The summed E-state index contributed by atoms with van der Waals surface area (Å²) >= 11 is 0. The van der Waals surface area contributed by atoms with Crippen molar-refractivity contribution >= 4 is 11.4 Å². The molecule has 0 radical (unpaired) electrons. The summed E-state index contributed by atoms with van der Waals surface area (Å²) in [5.74, 6) is -0.721. The molecule has 140 valence electrons. The Bertz CT molecular complexity index is 768. The number of halogens is 2. The van der Waals surface area contributed by atoms with Gasteiger partial charge in [-0.05, 0) is 50.7 Å². The molecule has 2 atom stereocenters. The van der Waals surface area contributed by atoms with E-state index in [9.17, 15) is 13.9 Å². The number of hydrogen-bond acceptors (Lipinski definition) is 4. The van der Waals surface area contributed by atoms with Crippen molar-refractivity contribution in [1.82, 2.24) is 5.32 Å². The van der Waals surface area contributed by atoms with Crippen molar-refractivity contribution in [2.24, 2.45) is 0 Å². The standard InChI is InChI=1S/C20H25F2N3O/c1-13(2)24-12-25(20-16(22)8-5-9-17(20)24)19(18(26)11-23-3)14-6-4-7-15(21)10-14/h4-10,13,18-19,23,26H,11-12H2,1-3H3. The average Bonchev–Trinajstić information content (AvgIpc) is 2.96. The lowest BCUT2D eigenvalue weighted by atomic mass is 9.99. The van der Waals surface area contributed by atoms with E-state index < -0.39 is 12.1 Å². The molecule has 2 unspecified atom stereocenters. The molecule has 6 heteroatoms. The van der Waals surface area contributed by atoms with Gasteiger partial charge in [0.1, 0.15) is 11.6 Å². The molecule has 0 amide bonds. The third kappa shape index (κ3) is 3.39. The van der Waals surface area contributed by atoms with Gasteiger partial charge < -0.3 is 20.2 Å². The number of para-hydroxylation sites is 1. The van der Waals surface area contributed by atoms with Crippen LogP contribution in [0.4, 0.5) is 20.2 Å². The first kappa shape index (κ1) is 18.6. The second-order valence-electron chi connectivity index (χ2n) is 6.91. The van der Waals surface area contributed by atoms with Gasteiger partial charge in [0.05, 0.1) is 30.2 Å². The first-order valence-corrected chi connectivity index (χ1v) is 8.84. The predicted octanol–water partition coefficient (Wildman–Crippen LogP) is 3.28. The fourth-order valence-electron chi connectivity index (χ4n) is 3.62. The van der Waals surface area contributed by atoms with Crippen LogP contribution in [0.2, 0.25) is 0 Å². The Kier molecular flexibility index (Phi) is 5.44. The summed E-state index contributed by atoms with van der Waals surface area (Å²) in [6, 6.07) is 10.7. The molecular weight excluding hydrogens is 336 g/mol. The highest BCUT2D eigenvalue weighted by Gasteiger charge is 2.38. The molecule has 1 aliphatic heterocycles. The van der Waals surface area contributed by atoms with Crippen LogP contribution in [0.25, 0.3) is 0 Å². The fraction of sp³-hybridized carbons (Fsp3) is 0.400. The first-order valence-electron chi connectivity index (χ1n) is 8.84. The molecule has 0 bridgehead atoms. The average molecular weight is 361 g/mol. The summed E-state index contributed by atoms with van der Waals surface area (Å²) in [7, 11) is 1.74. The molecule has 0 fully saturated rings. The zero-order valence-electron chi connectivity index (χ0n) is 15.3.